The van der Waals surface area contributed by atoms with Crippen LogP contribution in [0.5, 0.6) is 5.75 Å². The third kappa shape index (κ3) is 7.55. The second kappa shape index (κ2) is 12.6. The van der Waals surface area contributed by atoms with Crippen molar-refractivity contribution >= 4 is 10.8 Å². The first-order valence-electron chi connectivity index (χ1n) is 13.2. The summed E-state index contributed by atoms with van der Waals surface area (Å²) in [7, 11) is 0. The summed E-state index contributed by atoms with van der Waals surface area (Å²) < 4.78 is 83.8. The Bertz CT molecular complexity index is 1390. The molecule has 0 aromatic heterocycles. The van der Waals surface area contributed by atoms with Gasteiger partial charge in [-0.25, -0.2) is 13.2 Å². The first-order chi connectivity index (χ1) is 18.6. The van der Waals surface area contributed by atoms with Crippen molar-refractivity contribution in [3.05, 3.63) is 101 Å². The third-order valence-electron chi connectivity index (χ3n) is 6.85. The Balaban J connectivity index is 1.44. The maximum atomic E-state index is 15.3. The van der Waals surface area contributed by atoms with Crippen LogP contribution in [0, 0.1) is 17.5 Å². The van der Waals surface area contributed by atoms with Crippen molar-refractivity contribution in [3.63, 3.8) is 0 Å². The molecule has 0 radical (unpaired) electrons. The van der Waals surface area contributed by atoms with Crippen LogP contribution in [0.2, 0.25) is 0 Å². The summed E-state index contributed by atoms with van der Waals surface area (Å²) in [5, 5.41) is 1.14. The van der Waals surface area contributed by atoms with Crippen molar-refractivity contribution in [3.8, 4) is 16.9 Å². The third-order valence-corrected chi connectivity index (χ3v) is 6.85. The summed E-state index contributed by atoms with van der Waals surface area (Å²) >= 11 is 0. The quantitative estimate of drug-likeness (QED) is 0.135. The van der Waals surface area contributed by atoms with E-state index in [9.17, 15) is 22.0 Å². The van der Waals surface area contributed by atoms with Crippen LogP contribution in [-0.2, 0) is 19.3 Å². The van der Waals surface area contributed by atoms with Gasteiger partial charge in [0.15, 0.2) is 11.6 Å². The maximum Gasteiger partial charge on any atom is 0.573 e. The van der Waals surface area contributed by atoms with E-state index in [-0.39, 0.29) is 18.4 Å². The Morgan fingerprint density at radius 2 is 1.31 bits per heavy atom. The highest BCUT2D eigenvalue weighted by Gasteiger charge is 2.34. The summed E-state index contributed by atoms with van der Waals surface area (Å²) in [6, 6.07) is 18.9. The molecular weight excluding hydrogens is 514 g/mol. The molecule has 4 rings (SSSR count). The number of unbranched alkanes of at least 4 members (excludes halogenated alkanes) is 4. The van der Waals surface area contributed by atoms with Gasteiger partial charge >= 0.3 is 6.36 Å². The molecule has 206 valence electrons. The minimum absolute atomic E-state index is 0.0333. The molecule has 0 atom stereocenters. The summed E-state index contributed by atoms with van der Waals surface area (Å²) in [5.41, 5.74) is 3.75. The maximum absolute atomic E-state index is 15.3. The van der Waals surface area contributed by atoms with Gasteiger partial charge in [0.2, 0.25) is 5.75 Å². The normalized spacial score (nSPS) is 11.8. The molecular formula is C32H30F6O. The van der Waals surface area contributed by atoms with E-state index in [0.29, 0.717) is 10.9 Å². The molecule has 0 amide bonds. The molecule has 0 spiro atoms. The van der Waals surface area contributed by atoms with E-state index in [2.05, 4.69) is 35.9 Å². The standard InChI is InChI=1S/C32H30F6O/c1-2-3-4-5-6-7-21-8-11-23(12-9-21)25-16-17-27-26(20-25)15-14-24(30(27)35)13-10-22-18-28(33)31(29(34)19-22)39-32(36,37)38/h8-9,11-12,14-20H,2-7,10,13H2,1H3. The van der Waals surface area contributed by atoms with Gasteiger partial charge in [0.1, 0.15) is 5.82 Å². The lowest BCUT2D eigenvalue weighted by molar-refractivity contribution is -0.276. The first kappa shape index (κ1) is 28.5. The van der Waals surface area contributed by atoms with Crippen LogP contribution >= 0.6 is 0 Å². The molecule has 0 saturated carbocycles. The van der Waals surface area contributed by atoms with Gasteiger partial charge in [0.05, 0.1) is 0 Å². The van der Waals surface area contributed by atoms with E-state index >= 15 is 4.39 Å². The second-order valence-corrected chi connectivity index (χ2v) is 9.77. The van der Waals surface area contributed by atoms with E-state index in [1.807, 2.05) is 12.1 Å². The summed E-state index contributed by atoms with van der Waals surface area (Å²) in [4.78, 5) is 0. The highest BCUT2D eigenvalue weighted by atomic mass is 19.4. The molecule has 0 N–H and O–H groups in total. The Morgan fingerprint density at radius 3 is 1.97 bits per heavy atom. The minimum Gasteiger partial charge on any atom is -0.399 e. The molecule has 7 heteroatoms. The molecule has 0 unspecified atom stereocenters. The second-order valence-electron chi connectivity index (χ2n) is 9.77. The fourth-order valence-electron chi connectivity index (χ4n) is 4.76. The number of rotatable bonds is 11. The lowest BCUT2D eigenvalue weighted by Gasteiger charge is -2.12. The molecule has 0 aliphatic rings. The van der Waals surface area contributed by atoms with Crippen molar-refractivity contribution in [2.45, 2.75) is 64.7 Å². The van der Waals surface area contributed by atoms with Crippen LogP contribution < -0.4 is 4.74 Å². The van der Waals surface area contributed by atoms with E-state index in [4.69, 9.17) is 0 Å². The van der Waals surface area contributed by atoms with Crippen LogP contribution in [0.4, 0.5) is 26.3 Å². The van der Waals surface area contributed by atoms with E-state index < -0.39 is 29.6 Å². The number of halogens is 6. The summed E-state index contributed by atoms with van der Waals surface area (Å²) in [6.45, 7) is 2.21. The molecule has 0 aliphatic heterocycles. The van der Waals surface area contributed by atoms with Gasteiger partial charge in [0.25, 0.3) is 0 Å². The van der Waals surface area contributed by atoms with Crippen molar-refractivity contribution < 1.29 is 31.1 Å². The minimum atomic E-state index is -5.21. The topological polar surface area (TPSA) is 9.23 Å². The zero-order valence-electron chi connectivity index (χ0n) is 21.7. The number of ether oxygens (including phenoxy) is 1. The SMILES string of the molecule is CCCCCCCc1ccc(-c2ccc3c(F)c(CCc4cc(F)c(OC(F)(F)F)c(F)c4)ccc3c2)cc1. The van der Waals surface area contributed by atoms with Crippen LogP contribution in [0.3, 0.4) is 0 Å². The lowest BCUT2D eigenvalue weighted by Crippen LogP contribution is -2.19. The van der Waals surface area contributed by atoms with Gasteiger partial charge in [-0.05, 0) is 77.1 Å². The Kier molecular flexibility index (Phi) is 9.20. The van der Waals surface area contributed by atoms with Gasteiger partial charge in [-0.15, -0.1) is 13.2 Å². The highest BCUT2D eigenvalue weighted by Crippen LogP contribution is 2.31. The molecule has 39 heavy (non-hydrogen) atoms. The zero-order valence-corrected chi connectivity index (χ0v) is 21.7. The number of hydrogen-bond donors (Lipinski definition) is 0. The monoisotopic (exact) mass is 544 g/mol. The van der Waals surface area contributed by atoms with Crippen molar-refractivity contribution in [1.29, 1.82) is 0 Å². The fraction of sp³-hybridized carbons (Fsp3) is 0.312. The summed E-state index contributed by atoms with van der Waals surface area (Å²) in [5.74, 6) is -4.87. The van der Waals surface area contributed by atoms with Crippen molar-refractivity contribution in [2.75, 3.05) is 0 Å². The molecule has 0 fully saturated rings. The van der Waals surface area contributed by atoms with Crippen LogP contribution in [0.15, 0.2) is 66.7 Å². The summed E-state index contributed by atoms with van der Waals surface area (Å²) in [6.07, 6.45) is 2.19. The number of aryl methyl sites for hydroxylation is 3. The average Bonchev–Trinajstić information content (AvgIpc) is 2.90. The number of hydrogen-bond acceptors (Lipinski definition) is 1. The predicted octanol–water partition coefficient (Wildman–Crippen LogP) is 10.1. The highest BCUT2D eigenvalue weighted by molar-refractivity contribution is 5.88. The zero-order chi connectivity index (χ0) is 28.0. The van der Waals surface area contributed by atoms with E-state index in [1.165, 1.54) is 37.7 Å². The van der Waals surface area contributed by atoms with Gasteiger partial charge in [0, 0.05) is 5.39 Å². The molecule has 0 aliphatic carbocycles. The Labute approximate surface area is 224 Å². The Hall–Kier alpha value is -3.48. The van der Waals surface area contributed by atoms with Gasteiger partial charge in [-0.2, -0.15) is 0 Å². The average molecular weight is 545 g/mol. The molecule has 1 nitrogen and oxygen atoms in total. The van der Waals surface area contributed by atoms with E-state index in [1.54, 1.807) is 18.2 Å². The van der Waals surface area contributed by atoms with Gasteiger partial charge in [-0.1, -0.05) is 81.1 Å². The van der Waals surface area contributed by atoms with Crippen molar-refractivity contribution in [1.82, 2.24) is 0 Å². The van der Waals surface area contributed by atoms with Gasteiger partial charge in [-0.3, -0.25) is 0 Å². The van der Waals surface area contributed by atoms with Crippen molar-refractivity contribution in [2.24, 2.45) is 0 Å². The van der Waals surface area contributed by atoms with Gasteiger partial charge < -0.3 is 4.74 Å². The van der Waals surface area contributed by atoms with E-state index in [0.717, 1.165) is 35.1 Å². The first-order valence-corrected chi connectivity index (χ1v) is 13.2. The molecule has 0 bridgehead atoms. The molecule has 0 heterocycles. The lowest BCUT2D eigenvalue weighted by atomic mass is 9.96. The number of benzene rings is 4. The Morgan fingerprint density at radius 1 is 0.641 bits per heavy atom. The van der Waals surface area contributed by atoms with Crippen LogP contribution in [-0.4, -0.2) is 6.36 Å². The van der Waals surface area contributed by atoms with Crippen LogP contribution in [0.1, 0.15) is 55.7 Å². The molecule has 0 saturated heterocycles. The predicted molar refractivity (Wildman–Crippen MR) is 142 cm³/mol. The number of alkyl halides is 3. The molecule has 4 aromatic carbocycles. The largest absolute Gasteiger partial charge is 0.573 e. The fourth-order valence-corrected chi connectivity index (χ4v) is 4.76. The smallest absolute Gasteiger partial charge is 0.399 e. The molecule has 4 aromatic rings. The number of fused-ring (bicyclic) bond motifs is 1. The van der Waals surface area contributed by atoms with Crippen LogP contribution in [0.25, 0.3) is 21.9 Å².